The lowest BCUT2D eigenvalue weighted by Crippen LogP contribution is -2.12. The minimum Gasteiger partial charge on any atom is -0.326 e. The normalized spacial score (nSPS) is 10.6. The van der Waals surface area contributed by atoms with Gasteiger partial charge in [-0.15, -0.1) is 0 Å². The van der Waals surface area contributed by atoms with E-state index in [0.29, 0.717) is 18.0 Å². The number of hydrogen-bond acceptors (Lipinski definition) is 4. The molecule has 0 aliphatic rings. The van der Waals surface area contributed by atoms with Crippen molar-refractivity contribution in [2.45, 2.75) is 36.7 Å². The van der Waals surface area contributed by atoms with Gasteiger partial charge in [-0.1, -0.05) is 12.1 Å². The van der Waals surface area contributed by atoms with Crippen LogP contribution >= 0.6 is 11.8 Å². The highest BCUT2D eigenvalue weighted by Gasteiger charge is 2.06. The van der Waals surface area contributed by atoms with Gasteiger partial charge in [-0.3, -0.25) is 4.79 Å². The van der Waals surface area contributed by atoms with Crippen molar-refractivity contribution in [2.24, 2.45) is 0 Å². The van der Waals surface area contributed by atoms with E-state index < -0.39 is 0 Å². The highest BCUT2D eigenvalue weighted by Crippen LogP contribution is 2.26. The minimum absolute atomic E-state index is 0.0997. The molecule has 1 heterocycles. The average molecular weight is 381 g/mol. The molecule has 1 N–H and O–H groups in total. The van der Waals surface area contributed by atoms with Crippen LogP contribution in [0, 0.1) is 19.7 Å². The summed E-state index contributed by atoms with van der Waals surface area (Å²) in [6, 6.07) is 15.8. The van der Waals surface area contributed by atoms with Crippen molar-refractivity contribution in [1.82, 2.24) is 9.97 Å². The van der Waals surface area contributed by atoms with Crippen LogP contribution < -0.4 is 5.32 Å². The summed E-state index contributed by atoms with van der Waals surface area (Å²) in [5, 5.41) is 3.57. The highest BCUT2D eigenvalue weighted by atomic mass is 32.2. The molecule has 1 amide bonds. The Labute approximate surface area is 162 Å². The summed E-state index contributed by atoms with van der Waals surface area (Å²) in [6.45, 7) is 3.89. The Morgan fingerprint density at radius 3 is 2.41 bits per heavy atom. The smallest absolute Gasteiger partial charge is 0.224 e. The first-order chi connectivity index (χ1) is 13.0. The van der Waals surface area contributed by atoms with E-state index >= 15 is 0 Å². The van der Waals surface area contributed by atoms with Crippen molar-refractivity contribution < 1.29 is 9.18 Å². The maximum atomic E-state index is 13.2. The molecule has 0 aliphatic carbocycles. The molecule has 0 fully saturated rings. The predicted octanol–water partition coefficient (Wildman–Crippen LogP) is 4.96. The average Bonchev–Trinajstić information content (AvgIpc) is 2.61. The molecule has 6 heteroatoms. The van der Waals surface area contributed by atoms with Crippen LogP contribution in [-0.2, 0) is 11.2 Å². The second kappa shape index (κ2) is 8.77. The first-order valence-electron chi connectivity index (χ1n) is 8.62. The van der Waals surface area contributed by atoms with Crippen LogP contribution in [0.15, 0.2) is 64.6 Å². The third-order valence-corrected chi connectivity index (χ3v) is 4.71. The molecule has 0 saturated carbocycles. The first-order valence-corrected chi connectivity index (χ1v) is 9.44. The van der Waals surface area contributed by atoms with Gasteiger partial charge in [-0.05, 0) is 80.1 Å². The van der Waals surface area contributed by atoms with Gasteiger partial charge in [-0.2, -0.15) is 0 Å². The number of nitrogens with zero attached hydrogens (tertiary/aromatic N) is 2. The maximum absolute atomic E-state index is 13.2. The molecule has 138 valence electrons. The third-order valence-electron chi connectivity index (χ3n) is 3.84. The number of amides is 1. The second-order valence-corrected chi connectivity index (χ2v) is 7.28. The second-order valence-electron chi connectivity index (χ2n) is 6.24. The zero-order valence-corrected chi connectivity index (χ0v) is 16.0. The summed E-state index contributed by atoms with van der Waals surface area (Å²) in [6.07, 6.45) is 0.804. The number of anilines is 1. The van der Waals surface area contributed by atoms with E-state index in [-0.39, 0.29) is 11.7 Å². The Morgan fingerprint density at radius 1 is 1.04 bits per heavy atom. The van der Waals surface area contributed by atoms with Crippen molar-refractivity contribution in [1.29, 1.82) is 0 Å². The van der Waals surface area contributed by atoms with Gasteiger partial charge >= 0.3 is 0 Å². The molecular formula is C21H20FN3OS. The molecule has 0 radical (unpaired) electrons. The van der Waals surface area contributed by atoms with E-state index in [0.717, 1.165) is 27.5 Å². The fourth-order valence-corrected chi connectivity index (χ4v) is 3.49. The number of rotatable bonds is 6. The summed E-state index contributed by atoms with van der Waals surface area (Å²) in [5.41, 5.74) is 3.41. The summed E-state index contributed by atoms with van der Waals surface area (Å²) in [4.78, 5) is 21.9. The standard InChI is InChI=1S/C21H20FN3OS/c1-14-12-15(2)24-21(23-14)27-19-9-7-18(8-10-19)25-20(26)11-6-16-4-3-5-17(22)13-16/h3-5,7-10,12-13H,6,11H2,1-2H3,(H,25,26). The molecule has 0 atom stereocenters. The number of aromatic nitrogens is 2. The van der Waals surface area contributed by atoms with Crippen molar-refractivity contribution >= 4 is 23.4 Å². The van der Waals surface area contributed by atoms with Gasteiger partial charge in [0, 0.05) is 28.4 Å². The van der Waals surface area contributed by atoms with Crippen molar-refractivity contribution in [3.8, 4) is 0 Å². The fourth-order valence-electron chi connectivity index (χ4n) is 2.62. The van der Waals surface area contributed by atoms with Crippen LogP contribution in [0.25, 0.3) is 0 Å². The highest BCUT2D eigenvalue weighted by molar-refractivity contribution is 7.99. The van der Waals surface area contributed by atoms with Gasteiger partial charge in [0.1, 0.15) is 5.82 Å². The lowest BCUT2D eigenvalue weighted by molar-refractivity contribution is -0.116. The number of carbonyl (C=O) groups is 1. The number of carbonyl (C=O) groups excluding carboxylic acids is 1. The molecule has 3 rings (SSSR count). The van der Waals surface area contributed by atoms with Crippen molar-refractivity contribution in [2.75, 3.05) is 5.32 Å². The lowest BCUT2D eigenvalue weighted by Gasteiger charge is -2.07. The van der Waals surface area contributed by atoms with Crippen molar-refractivity contribution in [3.05, 3.63) is 77.4 Å². The molecule has 0 aliphatic heterocycles. The Bertz CT molecular complexity index is 924. The zero-order valence-electron chi connectivity index (χ0n) is 15.2. The Kier molecular flexibility index (Phi) is 6.19. The molecule has 0 unspecified atom stereocenters. The fraction of sp³-hybridized carbons (Fsp3) is 0.190. The number of benzene rings is 2. The van der Waals surface area contributed by atoms with E-state index in [1.165, 1.54) is 23.9 Å². The van der Waals surface area contributed by atoms with Crippen molar-refractivity contribution in [3.63, 3.8) is 0 Å². The summed E-state index contributed by atoms with van der Waals surface area (Å²) >= 11 is 1.48. The quantitative estimate of drug-likeness (QED) is 0.614. The molecular weight excluding hydrogens is 361 g/mol. The molecule has 0 bridgehead atoms. The van der Waals surface area contributed by atoms with Crippen LogP contribution in [0.1, 0.15) is 23.4 Å². The van der Waals surface area contributed by atoms with E-state index in [9.17, 15) is 9.18 Å². The molecule has 0 saturated heterocycles. The molecule has 4 nitrogen and oxygen atoms in total. The summed E-state index contributed by atoms with van der Waals surface area (Å²) in [7, 11) is 0. The molecule has 2 aromatic carbocycles. The zero-order chi connectivity index (χ0) is 19.2. The number of halogens is 1. The Morgan fingerprint density at radius 2 is 1.74 bits per heavy atom. The SMILES string of the molecule is Cc1cc(C)nc(Sc2ccc(NC(=O)CCc3cccc(F)c3)cc2)n1. The van der Waals surface area contributed by atoms with Gasteiger partial charge in [0.15, 0.2) is 5.16 Å². The predicted molar refractivity (Wildman–Crippen MR) is 105 cm³/mol. The molecule has 3 aromatic rings. The largest absolute Gasteiger partial charge is 0.326 e. The van der Waals surface area contributed by atoms with E-state index in [4.69, 9.17) is 0 Å². The number of hydrogen-bond donors (Lipinski definition) is 1. The lowest BCUT2D eigenvalue weighted by atomic mass is 10.1. The van der Waals surface area contributed by atoms with Gasteiger partial charge in [0.05, 0.1) is 0 Å². The summed E-state index contributed by atoms with van der Waals surface area (Å²) in [5.74, 6) is -0.383. The number of nitrogens with one attached hydrogen (secondary N) is 1. The van der Waals surface area contributed by atoms with E-state index in [1.54, 1.807) is 6.07 Å². The Hall–Kier alpha value is -2.73. The molecule has 1 aromatic heterocycles. The van der Waals surface area contributed by atoms with Crippen LogP contribution in [0.3, 0.4) is 0 Å². The van der Waals surface area contributed by atoms with Gasteiger partial charge in [-0.25, -0.2) is 14.4 Å². The molecule has 27 heavy (non-hydrogen) atoms. The topological polar surface area (TPSA) is 54.9 Å². The van der Waals surface area contributed by atoms with E-state index in [1.807, 2.05) is 50.2 Å². The summed E-state index contributed by atoms with van der Waals surface area (Å²) < 4.78 is 13.2. The van der Waals surface area contributed by atoms with Gasteiger partial charge < -0.3 is 5.32 Å². The van der Waals surface area contributed by atoms with Crippen LogP contribution in [0.5, 0.6) is 0 Å². The maximum Gasteiger partial charge on any atom is 0.224 e. The minimum atomic E-state index is -0.284. The van der Waals surface area contributed by atoms with Crippen LogP contribution in [0.2, 0.25) is 0 Å². The van der Waals surface area contributed by atoms with E-state index in [2.05, 4.69) is 15.3 Å². The van der Waals surface area contributed by atoms with Crippen LogP contribution in [0.4, 0.5) is 10.1 Å². The van der Waals surface area contributed by atoms with Gasteiger partial charge in [0.25, 0.3) is 0 Å². The monoisotopic (exact) mass is 381 g/mol. The van der Waals surface area contributed by atoms with Crippen LogP contribution in [-0.4, -0.2) is 15.9 Å². The third kappa shape index (κ3) is 5.89. The Balaban J connectivity index is 1.54. The van der Waals surface area contributed by atoms with Gasteiger partial charge in [0.2, 0.25) is 5.91 Å². The molecule has 0 spiro atoms. The number of aryl methyl sites for hydroxylation is 3. The first kappa shape index (κ1) is 19.0.